The minimum atomic E-state index is -1.42. The van der Waals surface area contributed by atoms with Crippen LogP contribution in [0.2, 0.25) is 0 Å². The summed E-state index contributed by atoms with van der Waals surface area (Å²) in [5, 5.41) is 31.4. The van der Waals surface area contributed by atoms with Crippen LogP contribution in [0.25, 0.3) is 0 Å². The molecule has 4 rings (SSSR count). The molecule has 2 aromatic carbocycles. The van der Waals surface area contributed by atoms with E-state index in [0.717, 1.165) is 18.4 Å². The van der Waals surface area contributed by atoms with Gasteiger partial charge in [0.05, 0.1) is 6.61 Å². The van der Waals surface area contributed by atoms with Crippen molar-refractivity contribution < 1.29 is 39.1 Å². The van der Waals surface area contributed by atoms with Gasteiger partial charge in [0.1, 0.15) is 24.1 Å². The Morgan fingerprint density at radius 1 is 1.09 bits per heavy atom. The highest BCUT2D eigenvalue weighted by molar-refractivity contribution is 8.00. The molecule has 6 atom stereocenters. The lowest BCUT2D eigenvalue weighted by molar-refractivity contribution is -0.247. The van der Waals surface area contributed by atoms with Crippen molar-refractivity contribution in [1.82, 2.24) is 0 Å². The van der Waals surface area contributed by atoms with Gasteiger partial charge in [0.2, 0.25) is 0 Å². The van der Waals surface area contributed by atoms with Gasteiger partial charge in [0, 0.05) is 29.6 Å². The third-order valence-electron chi connectivity index (χ3n) is 6.02. The second-order valence-corrected chi connectivity index (χ2v) is 9.91. The average molecular weight is 489 g/mol. The molecule has 3 unspecified atom stereocenters. The molecule has 1 saturated heterocycles. The van der Waals surface area contributed by atoms with Gasteiger partial charge in [0.25, 0.3) is 0 Å². The first-order chi connectivity index (χ1) is 16.3. The maximum Gasteiger partial charge on any atom is 0.303 e. The zero-order valence-corrected chi connectivity index (χ0v) is 19.7. The molecule has 8 nitrogen and oxygen atoms in total. The van der Waals surface area contributed by atoms with Crippen molar-refractivity contribution in [1.29, 1.82) is 0 Å². The Labute approximate surface area is 201 Å². The van der Waals surface area contributed by atoms with Gasteiger partial charge in [-0.15, -0.1) is 11.8 Å². The molecule has 182 valence electrons. The molecule has 9 heteroatoms. The van der Waals surface area contributed by atoms with Gasteiger partial charge in [-0.1, -0.05) is 24.3 Å². The van der Waals surface area contributed by atoms with Crippen LogP contribution >= 0.6 is 11.8 Å². The Hall–Kier alpha value is -2.59. The van der Waals surface area contributed by atoms with Crippen LogP contribution in [-0.2, 0) is 36.6 Å². The van der Waals surface area contributed by atoms with Crippen LogP contribution in [-0.4, -0.2) is 63.5 Å². The minimum Gasteiger partial charge on any atom is -0.508 e. The Bertz CT molecular complexity index is 1030. The molecule has 34 heavy (non-hydrogen) atoms. The molecule has 2 aliphatic heterocycles. The molecule has 0 aromatic heterocycles. The van der Waals surface area contributed by atoms with Crippen molar-refractivity contribution in [2.45, 2.75) is 67.4 Å². The first-order valence-electron chi connectivity index (χ1n) is 11.1. The number of rotatable bonds is 6. The zero-order valence-electron chi connectivity index (χ0n) is 18.9. The normalized spacial score (nSPS) is 28.2. The Morgan fingerprint density at radius 3 is 2.47 bits per heavy atom. The van der Waals surface area contributed by atoms with Gasteiger partial charge in [-0.05, 0) is 42.2 Å². The summed E-state index contributed by atoms with van der Waals surface area (Å²) in [6.45, 7) is 1.81. The Balaban J connectivity index is 1.63. The number of phenolic OH excluding ortho intramolecular Hbond substituents is 1. The number of benzene rings is 2. The van der Waals surface area contributed by atoms with E-state index in [0.29, 0.717) is 10.8 Å². The van der Waals surface area contributed by atoms with Crippen LogP contribution in [0.1, 0.15) is 36.6 Å². The van der Waals surface area contributed by atoms with Crippen LogP contribution in [0, 0.1) is 0 Å². The number of aliphatic hydroxyl groups excluding tert-OH is 2. The van der Waals surface area contributed by atoms with Gasteiger partial charge in [-0.2, -0.15) is 0 Å². The van der Waals surface area contributed by atoms with Crippen LogP contribution in [0.15, 0.2) is 47.4 Å². The Morgan fingerprint density at radius 2 is 1.79 bits per heavy atom. The van der Waals surface area contributed by atoms with Crippen LogP contribution < -0.4 is 0 Å². The van der Waals surface area contributed by atoms with Crippen LogP contribution in [0.3, 0.4) is 0 Å². The first kappa shape index (κ1) is 24.5. The number of thioether (sulfide) groups is 1. The summed E-state index contributed by atoms with van der Waals surface area (Å²) >= 11 is 1.81. The van der Waals surface area contributed by atoms with Gasteiger partial charge < -0.3 is 29.5 Å². The summed E-state index contributed by atoms with van der Waals surface area (Å²) < 4.78 is 16.6. The molecule has 3 N–H and O–H groups in total. The Kier molecular flexibility index (Phi) is 7.47. The molecule has 0 bridgehead atoms. The quantitative estimate of drug-likeness (QED) is 0.526. The van der Waals surface area contributed by atoms with Crippen molar-refractivity contribution in [3.63, 3.8) is 0 Å². The van der Waals surface area contributed by atoms with E-state index >= 15 is 0 Å². The van der Waals surface area contributed by atoms with E-state index in [4.69, 9.17) is 14.2 Å². The molecule has 0 saturated carbocycles. The maximum atomic E-state index is 11.9. The molecule has 0 aliphatic carbocycles. The van der Waals surface area contributed by atoms with Gasteiger partial charge in [0.15, 0.2) is 12.2 Å². The van der Waals surface area contributed by atoms with Crippen molar-refractivity contribution >= 4 is 23.7 Å². The molecule has 0 radical (unpaired) electrons. The second kappa shape index (κ2) is 10.4. The zero-order chi connectivity index (χ0) is 24.4. The van der Waals surface area contributed by atoms with E-state index in [9.17, 15) is 24.9 Å². The van der Waals surface area contributed by atoms with Gasteiger partial charge >= 0.3 is 11.9 Å². The lowest BCUT2D eigenvalue weighted by Gasteiger charge is -2.43. The van der Waals surface area contributed by atoms with E-state index < -0.39 is 49.1 Å². The molecular formula is C25H28O8S. The number of phenols is 1. The number of hydrogen-bond acceptors (Lipinski definition) is 9. The number of fused-ring (bicyclic) bond motifs is 1. The van der Waals surface area contributed by atoms with Crippen molar-refractivity contribution in [2.24, 2.45) is 0 Å². The average Bonchev–Trinajstić information content (AvgIpc) is 3.20. The predicted molar refractivity (Wildman–Crippen MR) is 123 cm³/mol. The van der Waals surface area contributed by atoms with Crippen LogP contribution in [0.5, 0.6) is 5.75 Å². The number of carbonyl (C=O) groups excluding carboxylic acids is 2. The lowest BCUT2D eigenvalue weighted by Crippen LogP contribution is -2.58. The summed E-state index contributed by atoms with van der Waals surface area (Å²) in [6.07, 6.45) is -4.43. The van der Waals surface area contributed by atoms with E-state index in [1.807, 2.05) is 30.0 Å². The van der Waals surface area contributed by atoms with E-state index in [-0.39, 0.29) is 5.75 Å². The smallest absolute Gasteiger partial charge is 0.303 e. The summed E-state index contributed by atoms with van der Waals surface area (Å²) in [4.78, 5) is 24.8. The lowest BCUT2D eigenvalue weighted by atomic mass is 9.89. The summed E-state index contributed by atoms with van der Waals surface area (Å²) in [6, 6.07) is 13.4. The van der Waals surface area contributed by atoms with E-state index in [1.54, 1.807) is 12.1 Å². The fourth-order valence-corrected chi connectivity index (χ4v) is 5.92. The standard InChI is InChI=1S/C25H28O8S/c1-13(27)31-24-22(30)20(12-26)33-23(25(24)32-14(2)28)18-10-15(7-8-19(18)29)9-17-11-16-5-3-4-6-21(16)34-17/h3-8,10,17,20,22-26,29-30H,9,11-12H2,1-2H3/t17?,20-,22-,23?,24?,25+/m1/s1. The SMILES string of the molecule is CC(=O)OC1[C@@H](OC(C)=O)C(c2cc(CC3Cc4ccccc4S3)ccc2O)O[C@H](CO)[C@H]1O. The predicted octanol–water partition coefficient (Wildman–Crippen LogP) is 2.31. The summed E-state index contributed by atoms with van der Waals surface area (Å²) in [7, 11) is 0. The highest BCUT2D eigenvalue weighted by Crippen LogP contribution is 2.42. The molecule has 2 aliphatic rings. The third-order valence-corrected chi connectivity index (χ3v) is 7.34. The number of carbonyl (C=O) groups is 2. The topological polar surface area (TPSA) is 123 Å². The van der Waals surface area contributed by atoms with Crippen molar-refractivity contribution in [2.75, 3.05) is 6.61 Å². The van der Waals surface area contributed by atoms with Crippen molar-refractivity contribution in [3.05, 3.63) is 59.2 Å². The fraction of sp³-hybridized carbons (Fsp3) is 0.440. The molecule has 1 fully saturated rings. The number of aromatic hydroxyl groups is 1. The number of aliphatic hydroxyl groups is 2. The monoisotopic (exact) mass is 488 g/mol. The van der Waals surface area contributed by atoms with Gasteiger partial charge in [-0.3, -0.25) is 9.59 Å². The molecule has 2 heterocycles. The minimum absolute atomic E-state index is 0.0945. The van der Waals surface area contributed by atoms with Gasteiger partial charge in [-0.25, -0.2) is 0 Å². The second-order valence-electron chi connectivity index (χ2n) is 8.57. The van der Waals surface area contributed by atoms with E-state index in [1.165, 1.54) is 24.3 Å². The number of ether oxygens (including phenoxy) is 3. The third kappa shape index (κ3) is 5.22. The maximum absolute atomic E-state index is 11.9. The highest BCUT2D eigenvalue weighted by Gasteiger charge is 2.50. The molecule has 0 amide bonds. The largest absolute Gasteiger partial charge is 0.508 e. The number of esters is 2. The van der Waals surface area contributed by atoms with Crippen LogP contribution in [0.4, 0.5) is 0 Å². The molecule has 2 aromatic rings. The number of hydrogen-bond donors (Lipinski definition) is 3. The highest BCUT2D eigenvalue weighted by atomic mass is 32.2. The van der Waals surface area contributed by atoms with Crippen molar-refractivity contribution in [3.8, 4) is 5.75 Å². The molecular weight excluding hydrogens is 460 g/mol. The fourth-order valence-electron chi connectivity index (χ4n) is 4.56. The summed E-state index contributed by atoms with van der Waals surface area (Å²) in [5.41, 5.74) is 2.58. The summed E-state index contributed by atoms with van der Waals surface area (Å²) in [5.74, 6) is -1.45. The first-order valence-corrected chi connectivity index (χ1v) is 12.0. The molecule has 0 spiro atoms. The van der Waals surface area contributed by atoms with E-state index in [2.05, 4.69) is 12.1 Å².